The van der Waals surface area contributed by atoms with E-state index in [9.17, 15) is 0 Å². The number of rotatable bonds is 5. The Morgan fingerprint density at radius 3 is 2.62 bits per heavy atom. The molecule has 1 saturated carbocycles. The molecule has 0 amide bonds. The summed E-state index contributed by atoms with van der Waals surface area (Å²) in [5.74, 6) is 0. The zero-order chi connectivity index (χ0) is 14.7. The standard InChI is InChI=1S/C16H28N4O/c1-3-17-15(14-12-18-19(2)13-14)16(6-4-5-7-16)20-8-10-21-11-9-20/h12-13,15,17H,3-11H2,1-2H3. The molecule has 2 fully saturated rings. The first-order valence-corrected chi connectivity index (χ1v) is 8.31. The number of likely N-dealkylation sites (N-methyl/N-ethyl adjacent to an activating group) is 1. The van der Waals surface area contributed by atoms with Crippen molar-refractivity contribution in [1.82, 2.24) is 20.0 Å². The number of nitrogens with zero attached hydrogens (tertiary/aromatic N) is 3. The van der Waals surface area contributed by atoms with Gasteiger partial charge in [-0.25, -0.2) is 0 Å². The van der Waals surface area contributed by atoms with Crippen LogP contribution in [0.5, 0.6) is 0 Å². The second-order valence-corrected chi connectivity index (χ2v) is 6.35. The van der Waals surface area contributed by atoms with Crippen LogP contribution >= 0.6 is 0 Å². The van der Waals surface area contributed by atoms with E-state index < -0.39 is 0 Å². The highest BCUT2D eigenvalue weighted by Gasteiger charge is 2.46. The molecule has 0 spiro atoms. The third kappa shape index (κ3) is 2.87. The van der Waals surface area contributed by atoms with Gasteiger partial charge in [0.05, 0.1) is 25.5 Å². The molecule has 1 N–H and O–H groups in total. The first-order chi connectivity index (χ1) is 10.3. The van der Waals surface area contributed by atoms with Crippen molar-refractivity contribution in [2.45, 2.75) is 44.2 Å². The molecule has 1 unspecified atom stereocenters. The molecule has 118 valence electrons. The lowest BCUT2D eigenvalue weighted by molar-refractivity contribution is -0.0362. The van der Waals surface area contributed by atoms with Gasteiger partial charge in [0.25, 0.3) is 0 Å². The van der Waals surface area contributed by atoms with E-state index in [0.29, 0.717) is 6.04 Å². The Hall–Kier alpha value is -0.910. The van der Waals surface area contributed by atoms with Crippen LogP contribution < -0.4 is 5.32 Å². The van der Waals surface area contributed by atoms with E-state index in [0.717, 1.165) is 32.8 Å². The number of hydrogen-bond acceptors (Lipinski definition) is 4. The van der Waals surface area contributed by atoms with Gasteiger partial charge in [0, 0.05) is 37.4 Å². The van der Waals surface area contributed by atoms with Crippen molar-refractivity contribution < 1.29 is 4.74 Å². The predicted octanol–water partition coefficient (Wildman–Crippen LogP) is 1.72. The molecule has 0 aromatic carbocycles. The Labute approximate surface area is 127 Å². The van der Waals surface area contributed by atoms with Crippen molar-refractivity contribution in [1.29, 1.82) is 0 Å². The number of aryl methyl sites for hydroxylation is 1. The van der Waals surface area contributed by atoms with E-state index >= 15 is 0 Å². The summed E-state index contributed by atoms with van der Waals surface area (Å²) in [5, 5.41) is 8.16. The van der Waals surface area contributed by atoms with Crippen LogP contribution in [0.2, 0.25) is 0 Å². The first-order valence-electron chi connectivity index (χ1n) is 8.31. The summed E-state index contributed by atoms with van der Waals surface area (Å²) in [7, 11) is 2.00. The van der Waals surface area contributed by atoms with Gasteiger partial charge < -0.3 is 10.1 Å². The van der Waals surface area contributed by atoms with Crippen LogP contribution in [0.3, 0.4) is 0 Å². The van der Waals surface area contributed by atoms with Gasteiger partial charge in [-0.1, -0.05) is 19.8 Å². The lowest BCUT2D eigenvalue weighted by atomic mass is 9.82. The maximum Gasteiger partial charge on any atom is 0.0594 e. The van der Waals surface area contributed by atoms with E-state index in [1.165, 1.54) is 31.2 Å². The molecule has 1 aromatic rings. The van der Waals surface area contributed by atoms with Crippen molar-refractivity contribution in [2.75, 3.05) is 32.8 Å². The number of morpholine rings is 1. The van der Waals surface area contributed by atoms with E-state index in [2.05, 4.69) is 28.4 Å². The highest BCUT2D eigenvalue weighted by Crippen LogP contribution is 2.44. The van der Waals surface area contributed by atoms with Crippen LogP contribution in [0.4, 0.5) is 0 Å². The summed E-state index contributed by atoms with van der Waals surface area (Å²) < 4.78 is 7.49. The van der Waals surface area contributed by atoms with Crippen molar-refractivity contribution in [3.05, 3.63) is 18.0 Å². The van der Waals surface area contributed by atoms with Crippen LogP contribution in [0.25, 0.3) is 0 Å². The average Bonchev–Trinajstić information content (AvgIpc) is 3.16. The third-order valence-corrected chi connectivity index (χ3v) is 5.11. The minimum atomic E-state index is 0.239. The summed E-state index contributed by atoms with van der Waals surface area (Å²) >= 11 is 0. The molecule has 0 radical (unpaired) electrons. The second-order valence-electron chi connectivity index (χ2n) is 6.35. The van der Waals surface area contributed by atoms with Crippen molar-refractivity contribution in [3.8, 4) is 0 Å². The molecule has 5 heteroatoms. The largest absolute Gasteiger partial charge is 0.379 e. The molecular formula is C16H28N4O. The monoisotopic (exact) mass is 292 g/mol. The van der Waals surface area contributed by atoms with E-state index in [-0.39, 0.29) is 5.54 Å². The van der Waals surface area contributed by atoms with Gasteiger partial charge in [0.15, 0.2) is 0 Å². The summed E-state index contributed by atoms with van der Waals surface area (Å²) in [4.78, 5) is 2.68. The molecule has 5 nitrogen and oxygen atoms in total. The average molecular weight is 292 g/mol. The number of aromatic nitrogens is 2. The van der Waals surface area contributed by atoms with E-state index in [1.54, 1.807) is 0 Å². The molecule has 1 aromatic heterocycles. The minimum absolute atomic E-state index is 0.239. The van der Waals surface area contributed by atoms with Crippen LogP contribution in [0, 0.1) is 0 Å². The zero-order valence-corrected chi connectivity index (χ0v) is 13.3. The molecule has 2 aliphatic rings. The molecular weight excluding hydrogens is 264 g/mol. The summed E-state index contributed by atoms with van der Waals surface area (Å²) in [6.45, 7) is 7.04. The summed E-state index contributed by atoms with van der Waals surface area (Å²) in [6, 6.07) is 0.372. The van der Waals surface area contributed by atoms with Crippen LogP contribution in [0.1, 0.15) is 44.2 Å². The quantitative estimate of drug-likeness (QED) is 0.897. The zero-order valence-electron chi connectivity index (χ0n) is 13.3. The molecule has 2 heterocycles. The van der Waals surface area contributed by atoms with Crippen LogP contribution in [0.15, 0.2) is 12.4 Å². The van der Waals surface area contributed by atoms with Crippen LogP contribution in [-0.4, -0.2) is 53.1 Å². The van der Waals surface area contributed by atoms with Gasteiger partial charge in [-0.2, -0.15) is 5.10 Å². The molecule has 21 heavy (non-hydrogen) atoms. The summed E-state index contributed by atoms with van der Waals surface area (Å²) in [5.41, 5.74) is 1.57. The topological polar surface area (TPSA) is 42.3 Å². The Morgan fingerprint density at radius 2 is 2.05 bits per heavy atom. The van der Waals surface area contributed by atoms with Crippen molar-refractivity contribution >= 4 is 0 Å². The van der Waals surface area contributed by atoms with Crippen LogP contribution in [-0.2, 0) is 11.8 Å². The highest BCUT2D eigenvalue weighted by atomic mass is 16.5. The second kappa shape index (κ2) is 6.46. The Morgan fingerprint density at radius 1 is 1.33 bits per heavy atom. The van der Waals surface area contributed by atoms with Gasteiger partial charge in [0.1, 0.15) is 0 Å². The lowest BCUT2D eigenvalue weighted by Gasteiger charge is -2.48. The number of hydrogen-bond donors (Lipinski definition) is 1. The maximum atomic E-state index is 5.58. The van der Waals surface area contributed by atoms with E-state index in [4.69, 9.17) is 4.74 Å². The molecule has 0 bridgehead atoms. The fourth-order valence-corrected chi connectivity index (χ4v) is 4.19. The summed E-state index contributed by atoms with van der Waals surface area (Å²) in [6.07, 6.45) is 9.43. The van der Waals surface area contributed by atoms with Gasteiger partial charge in [0.2, 0.25) is 0 Å². The van der Waals surface area contributed by atoms with Gasteiger partial charge in [-0.3, -0.25) is 9.58 Å². The fraction of sp³-hybridized carbons (Fsp3) is 0.812. The van der Waals surface area contributed by atoms with Crippen molar-refractivity contribution in [3.63, 3.8) is 0 Å². The van der Waals surface area contributed by atoms with Gasteiger partial charge >= 0.3 is 0 Å². The maximum absolute atomic E-state index is 5.58. The highest BCUT2D eigenvalue weighted by molar-refractivity contribution is 5.20. The van der Waals surface area contributed by atoms with Crippen molar-refractivity contribution in [2.24, 2.45) is 7.05 Å². The SMILES string of the molecule is CCNC(c1cnn(C)c1)C1(N2CCOCC2)CCCC1. The number of nitrogens with one attached hydrogen (secondary N) is 1. The predicted molar refractivity (Wildman–Crippen MR) is 83.2 cm³/mol. The molecule has 1 atom stereocenters. The fourth-order valence-electron chi connectivity index (χ4n) is 4.19. The Bertz CT molecular complexity index is 447. The minimum Gasteiger partial charge on any atom is -0.379 e. The third-order valence-electron chi connectivity index (χ3n) is 5.11. The molecule has 1 saturated heterocycles. The molecule has 1 aliphatic carbocycles. The molecule has 3 rings (SSSR count). The Kier molecular flexibility index (Phi) is 4.62. The Balaban J connectivity index is 1.92. The van der Waals surface area contributed by atoms with E-state index in [1.807, 2.05) is 17.9 Å². The van der Waals surface area contributed by atoms with Gasteiger partial charge in [-0.15, -0.1) is 0 Å². The first kappa shape index (κ1) is 15.0. The normalized spacial score (nSPS) is 24.3. The van der Waals surface area contributed by atoms with Gasteiger partial charge in [-0.05, 0) is 19.4 Å². The lowest BCUT2D eigenvalue weighted by Crippen LogP contribution is -2.58. The number of ether oxygens (including phenoxy) is 1. The smallest absolute Gasteiger partial charge is 0.0594 e. The molecule has 1 aliphatic heterocycles.